The molecule has 0 unspecified atom stereocenters. The lowest BCUT2D eigenvalue weighted by molar-refractivity contribution is 0.101. The zero-order chi connectivity index (χ0) is 12.0. The van der Waals surface area contributed by atoms with Crippen LogP contribution in [0.2, 0.25) is 0 Å². The number of ketones is 1. The van der Waals surface area contributed by atoms with E-state index in [-0.39, 0.29) is 11.6 Å². The van der Waals surface area contributed by atoms with Gasteiger partial charge in [0.1, 0.15) is 11.6 Å². The number of Topliss-reactive ketones (excluding diaryl/α,β-unsaturated/α-hetero) is 1. The van der Waals surface area contributed by atoms with Crippen molar-refractivity contribution in [3.8, 4) is 5.75 Å². The van der Waals surface area contributed by atoms with Crippen LogP contribution in [0.15, 0.2) is 18.2 Å². The van der Waals surface area contributed by atoms with Gasteiger partial charge in [0.2, 0.25) is 0 Å². The monoisotopic (exact) mass is 242 g/mol. The predicted octanol–water partition coefficient (Wildman–Crippen LogP) is 3.16. The van der Waals surface area contributed by atoms with Crippen molar-refractivity contribution in [2.45, 2.75) is 13.8 Å². The molecule has 1 aromatic carbocycles. The second kappa shape index (κ2) is 6.53. The number of hydrogen-bond donors (Lipinski definition) is 0. The molecule has 0 heterocycles. The minimum absolute atomic E-state index is 0.113. The van der Waals surface area contributed by atoms with Crippen LogP contribution in [0, 0.1) is 5.82 Å². The molecule has 0 saturated heterocycles. The molecule has 0 bridgehead atoms. The number of rotatable bonds is 6. The first kappa shape index (κ1) is 13.0. The van der Waals surface area contributed by atoms with Gasteiger partial charge in [-0.25, -0.2) is 4.39 Å². The number of benzene rings is 1. The summed E-state index contributed by atoms with van der Waals surface area (Å²) in [4.78, 5) is 11.3. The highest BCUT2D eigenvalue weighted by Gasteiger charge is 2.09. The van der Waals surface area contributed by atoms with E-state index in [9.17, 15) is 9.18 Å². The fourth-order valence-electron chi connectivity index (χ4n) is 1.26. The van der Waals surface area contributed by atoms with Crippen LogP contribution in [0.1, 0.15) is 24.2 Å². The average Bonchev–Trinajstić information content (AvgIpc) is 2.24. The Bertz CT molecular complexity index is 366. The lowest BCUT2D eigenvalue weighted by Gasteiger charge is -2.09. The van der Waals surface area contributed by atoms with Gasteiger partial charge >= 0.3 is 0 Å². The maximum absolute atomic E-state index is 13.0. The molecule has 0 aromatic heterocycles. The topological polar surface area (TPSA) is 26.3 Å². The van der Waals surface area contributed by atoms with E-state index in [1.54, 1.807) is 11.8 Å². The molecule has 0 spiro atoms. The predicted molar refractivity (Wildman–Crippen MR) is 64.9 cm³/mol. The summed E-state index contributed by atoms with van der Waals surface area (Å²) in [5, 5.41) is 0. The van der Waals surface area contributed by atoms with Gasteiger partial charge in [0.05, 0.1) is 12.2 Å². The van der Waals surface area contributed by atoms with Crippen molar-refractivity contribution < 1.29 is 13.9 Å². The average molecular weight is 242 g/mol. The quantitative estimate of drug-likeness (QED) is 0.566. The Morgan fingerprint density at radius 3 is 2.88 bits per heavy atom. The summed E-state index contributed by atoms with van der Waals surface area (Å²) in [6, 6.07) is 3.98. The third-order valence-corrected chi connectivity index (χ3v) is 2.88. The van der Waals surface area contributed by atoms with Crippen molar-refractivity contribution in [3.63, 3.8) is 0 Å². The van der Waals surface area contributed by atoms with Crippen molar-refractivity contribution in [2.75, 3.05) is 18.1 Å². The normalized spacial score (nSPS) is 10.2. The van der Waals surface area contributed by atoms with Crippen LogP contribution in [-0.2, 0) is 0 Å². The second-order valence-corrected chi connectivity index (χ2v) is 4.64. The standard InChI is InChI=1S/C12H15FO2S/c1-3-16-7-6-15-12-8-10(13)4-5-11(12)9(2)14/h4-5,8H,3,6-7H2,1-2H3. The van der Waals surface area contributed by atoms with E-state index in [1.165, 1.54) is 25.1 Å². The lowest BCUT2D eigenvalue weighted by atomic mass is 10.1. The highest BCUT2D eigenvalue weighted by Crippen LogP contribution is 2.20. The number of halogens is 1. The summed E-state index contributed by atoms with van der Waals surface area (Å²) < 4.78 is 18.4. The molecular weight excluding hydrogens is 227 g/mol. The molecule has 0 aliphatic heterocycles. The van der Waals surface area contributed by atoms with Crippen molar-refractivity contribution in [1.82, 2.24) is 0 Å². The molecule has 0 atom stereocenters. The summed E-state index contributed by atoms with van der Waals surface area (Å²) in [7, 11) is 0. The highest BCUT2D eigenvalue weighted by atomic mass is 32.2. The van der Waals surface area contributed by atoms with Crippen LogP contribution in [0.4, 0.5) is 4.39 Å². The number of ether oxygens (including phenoxy) is 1. The molecule has 88 valence electrons. The van der Waals surface area contributed by atoms with E-state index < -0.39 is 0 Å². The zero-order valence-electron chi connectivity index (χ0n) is 9.46. The van der Waals surface area contributed by atoms with Gasteiger partial charge in [-0.15, -0.1) is 0 Å². The van der Waals surface area contributed by atoms with Gasteiger partial charge in [0, 0.05) is 11.8 Å². The number of carbonyl (C=O) groups excluding carboxylic acids is 1. The Kier molecular flexibility index (Phi) is 5.32. The lowest BCUT2D eigenvalue weighted by Crippen LogP contribution is -2.05. The Labute approximate surface area is 99.2 Å². The Morgan fingerprint density at radius 2 is 2.25 bits per heavy atom. The second-order valence-electron chi connectivity index (χ2n) is 3.24. The van der Waals surface area contributed by atoms with E-state index in [2.05, 4.69) is 6.92 Å². The van der Waals surface area contributed by atoms with Crippen LogP contribution < -0.4 is 4.74 Å². The molecule has 0 saturated carbocycles. The van der Waals surface area contributed by atoms with Crippen molar-refractivity contribution >= 4 is 17.5 Å². The molecule has 1 aromatic rings. The van der Waals surface area contributed by atoms with Gasteiger partial charge in [0.15, 0.2) is 5.78 Å². The molecule has 0 fully saturated rings. The summed E-state index contributed by atoms with van der Waals surface area (Å²) in [6.45, 7) is 4.00. The molecule has 2 nitrogen and oxygen atoms in total. The molecule has 0 amide bonds. The maximum atomic E-state index is 13.0. The van der Waals surface area contributed by atoms with E-state index in [0.29, 0.717) is 17.9 Å². The zero-order valence-corrected chi connectivity index (χ0v) is 10.3. The number of thioether (sulfide) groups is 1. The molecule has 0 radical (unpaired) electrons. The van der Waals surface area contributed by atoms with E-state index in [1.807, 2.05) is 0 Å². The Balaban J connectivity index is 2.68. The molecule has 0 N–H and O–H groups in total. The summed E-state index contributed by atoms with van der Waals surface area (Å²) in [5.41, 5.74) is 0.433. The first-order chi connectivity index (χ1) is 7.65. The van der Waals surface area contributed by atoms with Crippen LogP contribution in [0.25, 0.3) is 0 Å². The molecule has 0 aliphatic carbocycles. The first-order valence-corrected chi connectivity index (χ1v) is 6.31. The number of hydrogen-bond acceptors (Lipinski definition) is 3. The van der Waals surface area contributed by atoms with Gasteiger partial charge in [-0.2, -0.15) is 11.8 Å². The summed E-state index contributed by atoms with van der Waals surface area (Å²) in [5.74, 6) is 1.70. The fraction of sp³-hybridized carbons (Fsp3) is 0.417. The van der Waals surface area contributed by atoms with Gasteiger partial charge < -0.3 is 4.74 Å². The maximum Gasteiger partial charge on any atom is 0.163 e. The third kappa shape index (κ3) is 3.85. The SMILES string of the molecule is CCSCCOc1cc(F)ccc1C(C)=O. The van der Waals surface area contributed by atoms with Crippen molar-refractivity contribution in [3.05, 3.63) is 29.6 Å². The summed E-state index contributed by atoms with van der Waals surface area (Å²) >= 11 is 1.74. The van der Waals surface area contributed by atoms with Crippen LogP contribution in [0.5, 0.6) is 5.75 Å². The van der Waals surface area contributed by atoms with Gasteiger partial charge in [-0.3, -0.25) is 4.79 Å². The van der Waals surface area contributed by atoms with E-state index >= 15 is 0 Å². The van der Waals surface area contributed by atoms with Gasteiger partial charge in [-0.05, 0) is 24.8 Å². The minimum atomic E-state index is -0.386. The molecule has 1 rings (SSSR count). The van der Waals surface area contributed by atoms with Crippen LogP contribution in [0.3, 0.4) is 0 Å². The fourth-order valence-corrected chi connectivity index (χ4v) is 1.75. The van der Waals surface area contributed by atoms with Gasteiger partial charge in [0.25, 0.3) is 0 Å². The largest absolute Gasteiger partial charge is 0.492 e. The third-order valence-electron chi connectivity index (χ3n) is 2.01. The molecular formula is C12H15FO2S. The Hall–Kier alpha value is -1.03. The number of carbonyl (C=O) groups is 1. The van der Waals surface area contributed by atoms with Crippen LogP contribution in [-0.4, -0.2) is 23.9 Å². The van der Waals surface area contributed by atoms with Crippen molar-refractivity contribution in [2.24, 2.45) is 0 Å². The Morgan fingerprint density at radius 1 is 1.50 bits per heavy atom. The highest BCUT2D eigenvalue weighted by molar-refractivity contribution is 7.99. The van der Waals surface area contributed by atoms with E-state index in [0.717, 1.165) is 11.5 Å². The van der Waals surface area contributed by atoms with Crippen molar-refractivity contribution in [1.29, 1.82) is 0 Å². The first-order valence-electron chi connectivity index (χ1n) is 5.16. The molecule has 0 aliphatic rings. The van der Waals surface area contributed by atoms with Crippen LogP contribution >= 0.6 is 11.8 Å². The molecule has 16 heavy (non-hydrogen) atoms. The summed E-state index contributed by atoms with van der Waals surface area (Å²) in [6.07, 6.45) is 0. The van der Waals surface area contributed by atoms with Gasteiger partial charge in [-0.1, -0.05) is 6.92 Å². The van der Waals surface area contributed by atoms with E-state index in [4.69, 9.17) is 4.74 Å². The smallest absolute Gasteiger partial charge is 0.163 e. The molecule has 4 heteroatoms. The minimum Gasteiger partial charge on any atom is -0.492 e.